The molecule has 1 aromatic heterocycles. The molecule has 3 N–H and O–H groups in total. The fourth-order valence-electron chi connectivity index (χ4n) is 2.79. The summed E-state index contributed by atoms with van der Waals surface area (Å²) < 4.78 is 39.5. The van der Waals surface area contributed by atoms with Crippen LogP contribution in [0.15, 0.2) is 23.6 Å². The summed E-state index contributed by atoms with van der Waals surface area (Å²) in [6, 6.07) is 3.98. The molecular formula is C19H24N2O7S2. The Morgan fingerprint density at radius 2 is 1.93 bits per heavy atom. The number of sulfone groups is 1. The largest absolute Gasteiger partial charge is 0.493 e. The van der Waals surface area contributed by atoms with Crippen molar-refractivity contribution < 1.29 is 32.2 Å². The fourth-order valence-corrected chi connectivity index (χ4v) is 4.45. The van der Waals surface area contributed by atoms with Gasteiger partial charge in [0.2, 0.25) is 0 Å². The Morgan fingerprint density at radius 1 is 1.23 bits per heavy atom. The van der Waals surface area contributed by atoms with Crippen molar-refractivity contribution in [1.82, 2.24) is 5.32 Å². The smallest absolute Gasteiger partial charge is 0.341 e. The van der Waals surface area contributed by atoms with Crippen LogP contribution >= 0.6 is 11.3 Å². The zero-order valence-electron chi connectivity index (χ0n) is 17.1. The third-order valence-corrected chi connectivity index (χ3v) is 5.87. The molecule has 11 heteroatoms. The second-order valence-corrected chi connectivity index (χ2v) is 9.44. The van der Waals surface area contributed by atoms with Gasteiger partial charge in [0.15, 0.2) is 11.5 Å². The number of benzene rings is 1. The van der Waals surface area contributed by atoms with E-state index < -0.39 is 27.8 Å². The number of ether oxygens (including phenoxy) is 3. The Hall–Kier alpha value is -2.79. The molecule has 0 fully saturated rings. The van der Waals surface area contributed by atoms with Crippen LogP contribution in [0.3, 0.4) is 0 Å². The number of anilines is 1. The van der Waals surface area contributed by atoms with E-state index in [4.69, 9.17) is 15.2 Å². The first-order valence-corrected chi connectivity index (χ1v) is 11.8. The maximum Gasteiger partial charge on any atom is 0.341 e. The van der Waals surface area contributed by atoms with Crippen molar-refractivity contribution in [1.29, 1.82) is 0 Å². The average Bonchev–Trinajstić information content (AvgIpc) is 3.07. The number of nitrogens with one attached hydrogen (secondary N) is 1. The van der Waals surface area contributed by atoms with Gasteiger partial charge in [-0.15, -0.1) is 11.3 Å². The van der Waals surface area contributed by atoms with Crippen molar-refractivity contribution in [3.05, 3.63) is 40.3 Å². The van der Waals surface area contributed by atoms with Crippen LogP contribution in [0, 0.1) is 0 Å². The third-order valence-electron chi connectivity index (χ3n) is 4.12. The number of hydrogen-bond donors (Lipinski definition) is 2. The van der Waals surface area contributed by atoms with E-state index >= 15 is 0 Å². The minimum absolute atomic E-state index is 0.0152. The van der Waals surface area contributed by atoms with Gasteiger partial charge in [0.1, 0.15) is 20.4 Å². The monoisotopic (exact) mass is 456 g/mol. The number of nitrogens with two attached hydrogens (primary N) is 1. The number of carbonyl (C=O) groups is 2. The van der Waals surface area contributed by atoms with Gasteiger partial charge in [-0.25, -0.2) is 13.2 Å². The van der Waals surface area contributed by atoms with Crippen LogP contribution in [0.5, 0.6) is 11.5 Å². The molecule has 0 aliphatic carbocycles. The molecule has 0 aliphatic rings. The molecular weight excluding hydrogens is 432 g/mol. The number of nitrogen functional groups attached to an aromatic ring is 1. The quantitative estimate of drug-likeness (QED) is 0.548. The highest BCUT2D eigenvalue weighted by Crippen LogP contribution is 2.32. The van der Waals surface area contributed by atoms with Crippen LogP contribution in [0.25, 0.3) is 0 Å². The first kappa shape index (κ1) is 23.5. The molecule has 1 aromatic carbocycles. The fraction of sp³-hybridized carbons (Fsp3) is 0.368. The summed E-state index contributed by atoms with van der Waals surface area (Å²) in [4.78, 5) is 24.9. The summed E-state index contributed by atoms with van der Waals surface area (Å²) >= 11 is 1.01. The summed E-state index contributed by atoms with van der Waals surface area (Å²) in [6.45, 7) is 2.18. The minimum Gasteiger partial charge on any atom is -0.493 e. The summed E-state index contributed by atoms with van der Waals surface area (Å²) in [6.07, 6.45) is 1.07. The van der Waals surface area contributed by atoms with Crippen LogP contribution in [-0.2, 0) is 14.6 Å². The van der Waals surface area contributed by atoms with Gasteiger partial charge in [-0.05, 0) is 24.6 Å². The van der Waals surface area contributed by atoms with Crippen molar-refractivity contribution >= 4 is 38.1 Å². The number of thiophene rings is 1. The lowest BCUT2D eigenvalue weighted by atomic mass is 10.1. The third kappa shape index (κ3) is 5.63. The number of amides is 1. The lowest BCUT2D eigenvalue weighted by Gasteiger charge is -2.20. The molecule has 2 aromatic rings. The Balaban J connectivity index is 2.43. The summed E-state index contributed by atoms with van der Waals surface area (Å²) in [5, 5.41) is 4.23. The number of esters is 1. The highest BCUT2D eigenvalue weighted by atomic mass is 32.2. The molecule has 1 amide bonds. The van der Waals surface area contributed by atoms with Crippen molar-refractivity contribution in [2.24, 2.45) is 0 Å². The van der Waals surface area contributed by atoms with Gasteiger partial charge in [0, 0.05) is 11.6 Å². The van der Waals surface area contributed by atoms with E-state index in [-0.39, 0.29) is 21.9 Å². The number of hydrogen-bond acceptors (Lipinski definition) is 9. The van der Waals surface area contributed by atoms with Gasteiger partial charge in [-0.1, -0.05) is 6.07 Å². The number of carbonyl (C=O) groups excluding carboxylic acids is 2. The number of methoxy groups -OCH3 is 2. The highest BCUT2D eigenvalue weighted by Gasteiger charge is 2.27. The summed E-state index contributed by atoms with van der Waals surface area (Å²) in [5.41, 5.74) is 6.26. The molecule has 1 heterocycles. The van der Waals surface area contributed by atoms with Crippen LogP contribution in [-0.4, -0.2) is 53.1 Å². The molecule has 2 rings (SSSR count). The van der Waals surface area contributed by atoms with Crippen LogP contribution in [0.1, 0.15) is 39.2 Å². The van der Waals surface area contributed by atoms with Gasteiger partial charge < -0.3 is 25.3 Å². The molecule has 0 radical (unpaired) electrons. The lowest BCUT2D eigenvalue weighted by molar-refractivity contribution is 0.0598. The molecule has 164 valence electrons. The predicted octanol–water partition coefficient (Wildman–Crippen LogP) is 2.04. The maximum atomic E-state index is 12.9. The zero-order chi connectivity index (χ0) is 22.5. The predicted molar refractivity (Wildman–Crippen MR) is 114 cm³/mol. The van der Waals surface area contributed by atoms with Gasteiger partial charge in [0.25, 0.3) is 5.91 Å². The van der Waals surface area contributed by atoms with Gasteiger partial charge in [-0.2, -0.15) is 0 Å². The van der Waals surface area contributed by atoms with E-state index in [0.717, 1.165) is 17.6 Å². The molecule has 0 saturated heterocycles. The van der Waals surface area contributed by atoms with E-state index in [2.05, 4.69) is 10.1 Å². The van der Waals surface area contributed by atoms with Crippen molar-refractivity contribution in [2.75, 3.05) is 38.6 Å². The van der Waals surface area contributed by atoms with E-state index in [1.807, 2.05) is 0 Å². The Bertz CT molecular complexity index is 1030. The average molecular weight is 457 g/mol. The van der Waals surface area contributed by atoms with E-state index in [0.29, 0.717) is 23.7 Å². The Labute approximate surface area is 179 Å². The van der Waals surface area contributed by atoms with Gasteiger partial charge in [0.05, 0.1) is 38.2 Å². The highest BCUT2D eigenvalue weighted by molar-refractivity contribution is 7.90. The van der Waals surface area contributed by atoms with Crippen molar-refractivity contribution in [3.8, 4) is 11.5 Å². The SMILES string of the molecule is CCOc1cc([C@@H](CS(C)(=O)=O)NC(=O)c2csc(N)c2C(=O)OC)ccc1OC. The van der Waals surface area contributed by atoms with E-state index in [1.165, 1.54) is 19.6 Å². The van der Waals surface area contributed by atoms with Gasteiger partial charge in [-0.3, -0.25) is 4.79 Å². The normalized spacial score (nSPS) is 12.1. The first-order valence-electron chi connectivity index (χ1n) is 8.85. The maximum absolute atomic E-state index is 12.9. The Kier molecular flexibility index (Phi) is 7.68. The molecule has 1 atom stereocenters. The number of rotatable bonds is 9. The summed E-state index contributed by atoms with van der Waals surface area (Å²) in [5.74, 6) is -0.861. The second-order valence-electron chi connectivity index (χ2n) is 6.34. The molecule has 9 nitrogen and oxygen atoms in total. The van der Waals surface area contributed by atoms with Crippen LogP contribution in [0.4, 0.5) is 5.00 Å². The van der Waals surface area contributed by atoms with Crippen molar-refractivity contribution in [3.63, 3.8) is 0 Å². The second kappa shape index (κ2) is 9.81. The van der Waals surface area contributed by atoms with Crippen LogP contribution < -0.4 is 20.5 Å². The van der Waals surface area contributed by atoms with E-state index in [9.17, 15) is 18.0 Å². The molecule has 0 bridgehead atoms. The first-order chi connectivity index (χ1) is 14.1. The molecule has 0 aliphatic heterocycles. The molecule has 0 spiro atoms. The minimum atomic E-state index is -3.47. The molecule has 0 saturated carbocycles. The standard InChI is InChI=1S/C19H24N2O7S2/c1-5-28-15-8-11(6-7-14(15)26-2)13(10-30(4,24)25)21-18(22)12-9-29-17(20)16(12)19(23)27-3/h6-9,13H,5,10,20H2,1-4H3,(H,21,22)/t13-/m1/s1. The zero-order valence-corrected chi connectivity index (χ0v) is 18.7. The van der Waals surface area contributed by atoms with Gasteiger partial charge >= 0.3 is 5.97 Å². The summed E-state index contributed by atoms with van der Waals surface area (Å²) in [7, 11) is -0.797. The lowest BCUT2D eigenvalue weighted by Crippen LogP contribution is -2.33. The van der Waals surface area contributed by atoms with Crippen molar-refractivity contribution in [2.45, 2.75) is 13.0 Å². The van der Waals surface area contributed by atoms with E-state index in [1.54, 1.807) is 25.1 Å². The Morgan fingerprint density at radius 3 is 2.50 bits per heavy atom. The molecule has 0 unspecified atom stereocenters. The van der Waals surface area contributed by atoms with Crippen LogP contribution in [0.2, 0.25) is 0 Å². The topological polar surface area (TPSA) is 134 Å². The molecule has 30 heavy (non-hydrogen) atoms.